The van der Waals surface area contributed by atoms with Gasteiger partial charge in [0.15, 0.2) is 0 Å². The molecule has 1 aliphatic rings. The van der Waals surface area contributed by atoms with Gasteiger partial charge in [-0.15, -0.1) is 0 Å². The number of carbonyl (C=O) groups is 1. The van der Waals surface area contributed by atoms with E-state index >= 15 is 0 Å². The second-order valence-electron chi connectivity index (χ2n) is 5.35. The monoisotopic (exact) mass is 303 g/mol. The zero-order chi connectivity index (χ0) is 14.7. The molecule has 21 heavy (non-hydrogen) atoms. The van der Waals surface area contributed by atoms with E-state index in [2.05, 4.69) is 16.4 Å². The van der Waals surface area contributed by atoms with E-state index in [9.17, 15) is 4.79 Å². The Kier molecular flexibility index (Phi) is 4.25. The lowest BCUT2D eigenvalue weighted by molar-refractivity contribution is 0.0949. The molecule has 0 unspecified atom stereocenters. The fourth-order valence-electron chi connectivity index (χ4n) is 2.63. The van der Waals surface area contributed by atoms with Crippen LogP contribution in [0.4, 0.5) is 0 Å². The van der Waals surface area contributed by atoms with Gasteiger partial charge in [-0.2, -0.15) is 0 Å². The smallest absolute Gasteiger partial charge is 0.271 e. The van der Waals surface area contributed by atoms with Crippen LogP contribution in [0.5, 0.6) is 0 Å². The van der Waals surface area contributed by atoms with Crippen molar-refractivity contribution in [3.63, 3.8) is 0 Å². The highest BCUT2D eigenvalue weighted by atomic mass is 35.5. The van der Waals surface area contributed by atoms with Crippen LogP contribution in [0.3, 0.4) is 0 Å². The maximum atomic E-state index is 12.1. The van der Waals surface area contributed by atoms with E-state index < -0.39 is 0 Å². The van der Waals surface area contributed by atoms with Crippen molar-refractivity contribution in [2.24, 2.45) is 0 Å². The highest BCUT2D eigenvalue weighted by molar-refractivity contribution is 6.30. The standard InChI is InChI=1S/C16H18ClN3O/c17-13-6-7-15-19-14(11-20(15)10-13)16(21)18-9-8-12-4-2-1-3-5-12/h4,6-7,10-11H,1-3,5,8-9H2,(H,18,21). The molecule has 0 saturated heterocycles. The molecule has 2 aromatic heterocycles. The molecule has 2 aromatic rings. The zero-order valence-electron chi connectivity index (χ0n) is 11.8. The minimum atomic E-state index is -0.133. The molecule has 1 aliphatic carbocycles. The van der Waals surface area contributed by atoms with Crippen LogP contribution in [0.1, 0.15) is 42.6 Å². The maximum absolute atomic E-state index is 12.1. The number of fused-ring (bicyclic) bond motifs is 1. The molecular formula is C16H18ClN3O. The number of imidazole rings is 1. The Balaban J connectivity index is 1.60. The summed E-state index contributed by atoms with van der Waals surface area (Å²) >= 11 is 5.92. The van der Waals surface area contributed by atoms with Gasteiger partial charge in [0.05, 0.1) is 5.02 Å². The summed E-state index contributed by atoms with van der Waals surface area (Å²) < 4.78 is 1.76. The van der Waals surface area contributed by atoms with Crippen LogP contribution in [-0.4, -0.2) is 21.8 Å². The zero-order valence-corrected chi connectivity index (χ0v) is 12.6. The van der Waals surface area contributed by atoms with Gasteiger partial charge in [-0.25, -0.2) is 4.98 Å². The molecule has 2 heterocycles. The molecule has 0 bridgehead atoms. The van der Waals surface area contributed by atoms with E-state index in [0.29, 0.717) is 17.3 Å². The predicted octanol–water partition coefficient (Wildman–Crippen LogP) is 3.61. The van der Waals surface area contributed by atoms with Crippen molar-refractivity contribution in [1.82, 2.24) is 14.7 Å². The number of nitrogens with zero attached hydrogens (tertiary/aromatic N) is 2. The summed E-state index contributed by atoms with van der Waals surface area (Å²) in [5.41, 5.74) is 2.61. The molecule has 3 rings (SSSR count). The number of halogens is 1. The number of hydrogen-bond donors (Lipinski definition) is 1. The molecule has 0 fully saturated rings. The quantitative estimate of drug-likeness (QED) is 0.877. The molecule has 1 amide bonds. The van der Waals surface area contributed by atoms with Gasteiger partial charge in [0.1, 0.15) is 11.3 Å². The number of amides is 1. The fraction of sp³-hybridized carbons (Fsp3) is 0.375. The third-order valence-electron chi connectivity index (χ3n) is 3.76. The van der Waals surface area contributed by atoms with E-state index in [1.165, 1.54) is 31.3 Å². The number of hydrogen-bond acceptors (Lipinski definition) is 2. The second kappa shape index (κ2) is 6.31. The lowest BCUT2D eigenvalue weighted by Gasteiger charge is -2.12. The number of rotatable bonds is 4. The van der Waals surface area contributed by atoms with Gasteiger partial charge in [0, 0.05) is 18.9 Å². The minimum Gasteiger partial charge on any atom is -0.350 e. The summed E-state index contributed by atoms with van der Waals surface area (Å²) in [5, 5.41) is 3.55. The van der Waals surface area contributed by atoms with Crippen molar-refractivity contribution in [3.8, 4) is 0 Å². The fourth-order valence-corrected chi connectivity index (χ4v) is 2.80. The van der Waals surface area contributed by atoms with E-state index in [1.54, 1.807) is 28.9 Å². The molecular weight excluding hydrogens is 286 g/mol. The van der Waals surface area contributed by atoms with Gasteiger partial charge in [0.25, 0.3) is 5.91 Å². The van der Waals surface area contributed by atoms with Gasteiger partial charge >= 0.3 is 0 Å². The average molecular weight is 304 g/mol. The first kappa shape index (κ1) is 14.1. The number of pyridine rings is 1. The number of allylic oxidation sites excluding steroid dienone is 1. The first-order chi connectivity index (χ1) is 10.2. The van der Waals surface area contributed by atoms with Gasteiger partial charge in [-0.05, 0) is 44.2 Å². The second-order valence-corrected chi connectivity index (χ2v) is 5.79. The molecule has 0 atom stereocenters. The first-order valence-electron chi connectivity index (χ1n) is 7.33. The van der Waals surface area contributed by atoms with Crippen LogP contribution in [0.15, 0.2) is 36.2 Å². The Morgan fingerprint density at radius 3 is 3.05 bits per heavy atom. The maximum Gasteiger partial charge on any atom is 0.271 e. The summed E-state index contributed by atoms with van der Waals surface area (Å²) in [6, 6.07) is 3.56. The van der Waals surface area contributed by atoms with Crippen molar-refractivity contribution in [2.75, 3.05) is 6.54 Å². The molecule has 4 nitrogen and oxygen atoms in total. The number of aromatic nitrogens is 2. The molecule has 1 N–H and O–H groups in total. The summed E-state index contributed by atoms with van der Waals surface area (Å²) in [6.07, 6.45) is 11.6. The van der Waals surface area contributed by atoms with Crippen LogP contribution in [0.25, 0.3) is 5.65 Å². The van der Waals surface area contributed by atoms with Crippen LogP contribution in [0.2, 0.25) is 5.02 Å². The minimum absolute atomic E-state index is 0.133. The Hall–Kier alpha value is -1.81. The van der Waals surface area contributed by atoms with Gasteiger partial charge in [-0.1, -0.05) is 23.3 Å². The van der Waals surface area contributed by atoms with Crippen molar-refractivity contribution < 1.29 is 4.79 Å². The van der Waals surface area contributed by atoms with Crippen LogP contribution in [-0.2, 0) is 0 Å². The number of carbonyl (C=O) groups excluding carboxylic acids is 1. The number of nitrogens with one attached hydrogen (secondary N) is 1. The van der Waals surface area contributed by atoms with Crippen molar-refractivity contribution >= 4 is 23.2 Å². The normalized spacial score (nSPS) is 15.0. The van der Waals surface area contributed by atoms with Crippen molar-refractivity contribution in [3.05, 3.63) is 46.9 Å². The largest absolute Gasteiger partial charge is 0.350 e. The lowest BCUT2D eigenvalue weighted by Crippen LogP contribution is -2.25. The predicted molar refractivity (Wildman–Crippen MR) is 83.7 cm³/mol. The molecule has 110 valence electrons. The third-order valence-corrected chi connectivity index (χ3v) is 3.99. The van der Waals surface area contributed by atoms with Gasteiger partial charge in [0.2, 0.25) is 0 Å². The Morgan fingerprint density at radius 2 is 2.24 bits per heavy atom. The van der Waals surface area contributed by atoms with Gasteiger partial charge in [-0.3, -0.25) is 4.79 Å². The van der Waals surface area contributed by atoms with Crippen molar-refractivity contribution in [2.45, 2.75) is 32.1 Å². The lowest BCUT2D eigenvalue weighted by atomic mass is 9.97. The molecule has 0 saturated carbocycles. The molecule has 5 heteroatoms. The summed E-state index contributed by atoms with van der Waals surface area (Å²) in [6.45, 7) is 0.666. The van der Waals surface area contributed by atoms with Gasteiger partial charge < -0.3 is 9.72 Å². The average Bonchev–Trinajstić information content (AvgIpc) is 2.91. The van der Waals surface area contributed by atoms with E-state index in [-0.39, 0.29) is 5.91 Å². The van der Waals surface area contributed by atoms with Crippen LogP contribution in [0, 0.1) is 0 Å². The molecule has 0 spiro atoms. The van der Waals surface area contributed by atoms with Crippen LogP contribution < -0.4 is 5.32 Å². The highest BCUT2D eigenvalue weighted by Gasteiger charge is 2.11. The van der Waals surface area contributed by atoms with Crippen LogP contribution >= 0.6 is 11.6 Å². The van der Waals surface area contributed by atoms with E-state index in [4.69, 9.17) is 11.6 Å². The Bertz CT molecular complexity index is 690. The topological polar surface area (TPSA) is 46.4 Å². The first-order valence-corrected chi connectivity index (χ1v) is 7.70. The molecule has 0 aromatic carbocycles. The summed E-state index contributed by atoms with van der Waals surface area (Å²) in [7, 11) is 0. The SMILES string of the molecule is O=C(NCCC1=CCCCC1)c1cn2cc(Cl)ccc2n1. The van der Waals surface area contributed by atoms with Crippen molar-refractivity contribution in [1.29, 1.82) is 0 Å². The third kappa shape index (κ3) is 3.45. The Labute approximate surface area is 128 Å². The van der Waals surface area contributed by atoms with E-state index in [1.807, 2.05) is 0 Å². The highest BCUT2D eigenvalue weighted by Crippen LogP contribution is 2.19. The summed E-state index contributed by atoms with van der Waals surface area (Å²) in [4.78, 5) is 16.4. The Morgan fingerprint density at radius 1 is 1.33 bits per heavy atom. The summed E-state index contributed by atoms with van der Waals surface area (Å²) in [5.74, 6) is -0.133. The molecule has 0 radical (unpaired) electrons. The molecule has 0 aliphatic heterocycles. The van der Waals surface area contributed by atoms with E-state index in [0.717, 1.165) is 12.1 Å².